The smallest absolute Gasteiger partial charge is 0.308 e. The summed E-state index contributed by atoms with van der Waals surface area (Å²) < 4.78 is 21.2. The molecule has 2 aromatic carbocycles. The third kappa shape index (κ3) is 6.32. The minimum Gasteiger partial charge on any atom is -0.497 e. The minimum absolute atomic E-state index is 0.0851. The number of esters is 2. The van der Waals surface area contributed by atoms with E-state index in [1.807, 2.05) is 30.3 Å². The average Bonchev–Trinajstić information content (AvgIpc) is 2.66. The fourth-order valence-corrected chi connectivity index (χ4v) is 2.38. The summed E-state index contributed by atoms with van der Waals surface area (Å²) in [6, 6.07) is 14.4. The second-order valence-electron chi connectivity index (χ2n) is 5.76. The number of ether oxygens (including phenoxy) is 4. The SMILES string of the molecule is COc1cc(/C=C(OC(C)=O)/C(=C/c2ccccc2)OC(C)=O)cc(OC)c1. The Labute approximate surface area is 164 Å². The van der Waals surface area contributed by atoms with Gasteiger partial charge in [-0.15, -0.1) is 0 Å². The molecule has 2 aromatic rings. The molecule has 0 aliphatic carbocycles. The first-order valence-electron chi connectivity index (χ1n) is 8.50. The fourth-order valence-electron chi connectivity index (χ4n) is 2.38. The van der Waals surface area contributed by atoms with E-state index in [0.717, 1.165) is 5.56 Å². The number of hydrogen-bond acceptors (Lipinski definition) is 6. The van der Waals surface area contributed by atoms with Gasteiger partial charge in [-0.25, -0.2) is 0 Å². The van der Waals surface area contributed by atoms with Crippen LogP contribution in [0.4, 0.5) is 0 Å². The van der Waals surface area contributed by atoms with Crippen molar-refractivity contribution in [1.29, 1.82) is 0 Å². The Morgan fingerprint density at radius 3 is 1.61 bits per heavy atom. The van der Waals surface area contributed by atoms with E-state index in [1.54, 1.807) is 30.4 Å². The van der Waals surface area contributed by atoms with E-state index in [9.17, 15) is 9.59 Å². The Balaban J connectivity index is 2.58. The zero-order chi connectivity index (χ0) is 20.5. The van der Waals surface area contributed by atoms with E-state index in [4.69, 9.17) is 18.9 Å². The van der Waals surface area contributed by atoms with Crippen LogP contribution in [0.2, 0.25) is 0 Å². The van der Waals surface area contributed by atoms with Gasteiger partial charge in [-0.1, -0.05) is 30.3 Å². The summed E-state index contributed by atoms with van der Waals surface area (Å²) in [6.45, 7) is 2.55. The highest BCUT2D eigenvalue weighted by Crippen LogP contribution is 2.27. The van der Waals surface area contributed by atoms with E-state index in [0.29, 0.717) is 17.1 Å². The molecule has 0 fully saturated rings. The van der Waals surface area contributed by atoms with Crippen molar-refractivity contribution >= 4 is 24.1 Å². The summed E-state index contributed by atoms with van der Waals surface area (Å²) in [5.74, 6) is 0.232. The number of carbonyl (C=O) groups excluding carboxylic acids is 2. The molecule has 0 amide bonds. The van der Waals surface area contributed by atoms with Gasteiger partial charge in [0.2, 0.25) is 0 Å². The molecule has 146 valence electrons. The van der Waals surface area contributed by atoms with Crippen LogP contribution in [-0.4, -0.2) is 26.2 Å². The molecule has 0 bridgehead atoms. The van der Waals surface area contributed by atoms with Crippen molar-refractivity contribution in [3.05, 3.63) is 71.2 Å². The average molecular weight is 382 g/mol. The Morgan fingerprint density at radius 2 is 1.18 bits per heavy atom. The Hall–Kier alpha value is -3.54. The number of benzene rings is 2. The lowest BCUT2D eigenvalue weighted by Crippen LogP contribution is -2.07. The van der Waals surface area contributed by atoms with Gasteiger partial charge in [0.1, 0.15) is 11.5 Å². The van der Waals surface area contributed by atoms with Crippen LogP contribution in [-0.2, 0) is 19.1 Å². The Bertz CT molecular complexity index is 874. The zero-order valence-electron chi connectivity index (χ0n) is 16.2. The summed E-state index contributed by atoms with van der Waals surface area (Å²) >= 11 is 0. The molecular formula is C22H22O6. The third-order valence-corrected chi connectivity index (χ3v) is 3.52. The molecule has 0 spiro atoms. The summed E-state index contributed by atoms with van der Waals surface area (Å²) in [7, 11) is 3.07. The molecule has 0 unspecified atom stereocenters. The Kier molecular flexibility index (Phi) is 7.39. The van der Waals surface area contributed by atoms with Crippen LogP contribution in [0.3, 0.4) is 0 Å². The van der Waals surface area contributed by atoms with Gasteiger partial charge in [0.25, 0.3) is 0 Å². The largest absolute Gasteiger partial charge is 0.497 e. The van der Waals surface area contributed by atoms with E-state index < -0.39 is 11.9 Å². The van der Waals surface area contributed by atoms with Gasteiger partial charge in [0.05, 0.1) is 14.2 Å². The number of methoxy groups -OCH3 is 2. The van der Waals surface area contributed by atoms with Crippen molar-refractivity contribution < 1.29 is 28.5 Å². The second-order valence-corrected chi connectivity index (χ2v) is 5.76. The van der Waals surface area contributed by atoms with E-state index in [-0.39, 0.29) is 11.5 Å². The van der Waals surface area contributed by atoms with Gasteiger partial charge in [-0.3, -0.25) is 9.59 Å². The molecule has 0 saturated heterocycles. The topological polar surface area (TPSA) is 71.1 Å². The predicted molar refractivity (Wildman–Crippen MR) is 105 cm³/mol. The Morgan fingerprint density at radius 1 is 0.714 bits per heavy atom. The summed E-state index contributed by atoms with van der Waals surface area (Å²) in [4.78, 5) is 23.3. The molecule has 2 rings (SSSR count). The zero-order valence-corrected chi connectivity index (χ0v) is 16.2. The van der Waals surface area contributed by atoms with Gasteiger partial charge < -0.3 is 18.9 Å². The van der Waals surface area contributed by atoms with Crippen molar-refractivity contribution in [3.63, 3.8) is 0 Å². The predicted octanol–water partition coefficient (Wildman–Crippen LogP) is 4.21. The lowest BCUT2D eigenvalue weighted by molar-refractivity contribution is -0.141. The summed E-state index contributed by atoms with van der Waals surface area (Å²) in [6.07, 6.45) is 3.19. The standard InChI is InChI=1S/C22H22O6/c1-15(23)27-21(12-17-8-6-5-7-9-17)22(28-16(2)24)13-18-10-19(25-3)14-20(11-18)26-4/h5-14H,1-4H3/b21-12-,22-13-. The molecule has 0 N–H and O–H groups in total. The van der Waals surface area contributed by atoms with Crippen LogP contribution in [0, 0.1) is 0 Å². The van der Waals surface area contributed by atoms with Crippen molar-refractivity contribution in [2.24, 2.45) is 0 Å². The lowest BCUT2D eigenvalue weighted by Gasteiger charge is -2.12. The van der Waals surface area contributed by atoms with Crippen LogP contribution in [0.25, 0.3) is 12.2 Å². The van der Waals surface area contributed by atoms with Crippen molar-refractivity contribution in [2.75, 3.05) is 14.2 Å². The molecule has 0 aliphatic heterocycles. The van der Waals surface area contributed by atoms with Gasteiger partial charge in [-0.2, -0.15) is 0 Å². The van der Waals surface area contributed by atoms with Crippen LogP contribution in [0.5, 0.6) is 11.5 Å². The molecule has 0 aliphatic rings. The fraction of sp³-hybridized carbons (Fsp3) is 0.182. The van der Waals surface area contributed by atoms with Gasteiger partial charge in [-0.05, 0) is 35.4 Å². The molecule has 28 heavy (non-hydrogen) atoms. The highest BCUT2D eigenvalue weighted by atomic mass is 16.6. The normalized spacial score (nSPS) is 11.6. The third-order valence-electron chi connectivity index (χ3n) is 3.52. The molecule has 0 saturated carbocycles. The van der Waals surface area contributed by atoms with Crippen LogP contribution in [0.15, 0.2) is 60.0 Å². The maximum atomic E-state index is 11.7. The first-order valence-corrected chi connectivity index (χ1v) is 8.50. The van der Waals surface area contributed by atoms with E-state index in [1.165, 1.54) is 28.1 Å². The number of rotatable bonds is 7. The van der Waals surface area contributed by atoms with Crippen LogP contribution in [0.1, 0.15) is 25.0 Å². The van der Waals surface area contributed by atoms with Gasteiger partial charge in [0, 0.05) is 19.9 Å². The molecule has 0 heterocycles. The molecule has 0 atom stereocenters. The maximum absolute atomic E-state index is 11.7. The highest BCUT2D eigenvalue weighted by molar-refractivity contribution is 5.75. The van der Waals surface area contributed by atoms with Crippen LogP contribution < -0.4 is 9.47 Å². The number of hydrogen-bond donors (Lipinski definition) is 0. The molecule has 6 nitrogen and oxygen atoms in total. The van der Waals surface area contributed by atoms with Crippen LogP contribution >= 0.6 is 0 Å². The van der Waals surface area contributed by atoms with E-state index >= 15 is 0 Å². The minimum atomic E-state index is -0.549. The molecule has 0 aromatic heterocycles. The first-order chi connectivity index (χ1) is 13.4. The first kappa shape index (κ1) is 20.8. The van der Waals surface area contributed by atoms with Gasteiger partial charge >= 0.3 is 11.9 Å². The lowest BCUT2D eigenvalue weighted by atomic mass is 10.1. The molecule has 0 radical (unpaired) electrons. The maximum Gasteiger partial charge on any atom is 0.308 e. The van der Waals surface area contributed by atoms with Crippen molar-refractivity contribution in [2.45, 2.75) is 13.8 Å². The quantitative estimate of drug-likeness (QED) is 0.406. The summed E-state index contributed by atoms with van der Waals surface area (Å²) in [5, 5.41) is 0. The second kappa shape index (κ2) is 9.97. The van der Waals surface area contributed by atoms with Crippen molar-refractivity contribution in [3.8, 4) is 11.5 Å². The van der Waals surface area contributed by atoms with Gasteiger partial charge in [0.15, 0.2) is 11.5 Å². The highest BCUT2D eigenvalue weighted by Gasteiger charge is 2.15. The van der Waals surface area contributed by atoms with Crippen molar-refractivity contribution in [1.82, 2.24) is 0 Å². The molecular weight excluding hydrogens is 360 g/mol. The van der Waals surface area contributed by atoms with E-state index in [2.05, 4.69) is 0 Å². The number of carbonyl (C=O) groups is 2. The summed E-state index contributed by atoms with van der Waals surface area (Å²) in [5.41, 5.74) is 1.42. The monoisotopic (exact) mass is 382 g/mol. The molecule has 6 heteroatoms.